The lowest BCUT2D eigenvalue weighted by Crippen LogP contribution is -2.19. The number of ketones is 1. The van der Waals surface area contributed by atoms with E-state index in [4.69, 9.17) is 0 Å². The van der Waals surface area contributed by atoms with Crippen LogP contribution in [0, 0.1) is 5.92 Å². The number of hydrogen-bond donors (Lipinski definition) is 1. The summed E-state index contributed by atoms with van der Waals surface area (Å²) in [5, 5.41) is 0. The van der Waals surface area contributed by atoms with Crippen LogP contribution in [0.25, 0.3) is 0 Å². The van der Waals surface area contributed by atoms with Crippen molar-refractivity contribution >= 4 is 21.7 Å². The number of Topliss-reactive ketones (excluding diaryl/α,β-unsaturated/α-hetero) is 1. The second-order valence-electron chi connectivity index (χ2n) is 3.29. The van der Waals surface area contributed by atoms with E-state index in [0.717, 1.165) is 28.6 Å². The Labute approximate surface area is 79.5 Å². The molecular formula is C9H10BrNO. The molecule has 1 aromatic heterocycles. The fourth-order valence-electron chi connectivity index (χ4n) is 1.64. The van der Waals surface area contributed by atoms with Gasteiger partial charge in [0.15, 0.2) is 5.78 Å². The van der Waals surface area contributed by atoms with Gasteiger partial charge < -0.3 is 4.98 Å². The van der Waals surface area contributed by atoms with Gasteiger partial charge in [-0.3, -0.25) is 4.79 Å². The topological polar surface area (TPSA) is 32.9 Å². The second kappa shape index (κ2) is 2.73. The maximum Gasteiger partial charge on any atom is 0.168 e. The third-order valence-corrected chi connectivity index (χ3v) is 3.06. The fraction of sp³-hybridized carbons (Fsp3) is 0.444. The van der Waals surface area contributed by atoms with Crippen molar-refractivity contribution in [2.45, 2.75) is 19.8 Å². The molecule has 0 bridgehead atoms. The van der Waals surface area contributed by atoms with Crippen molar-refractivity contribution in [3.8, 4) is 0 Å². The van der Waals surface area contributed by atoms with Gasteiger partial charge in [-0.05, 0) is 28.8 Å². The number of H-pyrrole nitrogens is 1. The predicted octanol–water partition coefficient (Wildman–Crippen LogP) is 2.54. The summed E-state index contributed by atoms with van der Waals surface area (Å²) in [7, 11) is 0. The van der Waals surface area contributed by atoms with Gasteiger partial charge in [0.2, 0.25) is 0 Å². The lowest BCUT2D eigenvalue weighted by atomic mass is 9.88. The summed E-state index contributed by atoms with van der Waals surface area (Å²) in [6.07, 6.45) is 3.81. The van der Waals surface area contributed by atoms with E-state index in [1.807, 2.05) is 13.1 Å². The average molecular weight is 228 g/mol. The number of aryl methyl sites for hydroxylation is 1. The van der Waals surface area contributed by atoms with Crippen LogP contribution in [0.2, 0.25) is 0 Å². The van der Waals surface area contributed by atoms with Gasteiger partial charge in [-0.25, -0.2) is 0 Å². The molecule has 0 radical (unpaired) electrons. The van der Waals surface area contributed by atoms with Crippen molar-refractivity contribution in [3.63, 3.8) is 0 Å². The van der Waals surface area contributed by atoms with E-state index >= 15 is 0 Å². The molecule has 0 saturated carbocycles. The van der Waals surface area contributed by atoms with Gasteiger partial charge in [0.1, 0.15) is 0 Å². The third-order valence-electron chi connectivity index (χ3n) is 2.44. The Bertz CT molecular complexity index is 329. The molecule has 64 valence electrons. The number of hydrogen-bond acceptors (Lipinski definition) is 1. The van der Waals surface area contributed by atoms with Gasteiger partial charge in [-0.1, -0.05) is 6.92 Å². The number of carbonyl (C=O) groups is 1. The van der Waals surface area contributed by atoms with Crippen molar-refractivity contribution in [2.24, 2.45) is 5.92 Å². The van der Waals surface area contributed by atoms with Crippen molar-refractivity contribution in [3.05, 3.63) is 21.9 Å². The molecule has 0 aliphatic heterocycles. The fourth-order valence-corrected chi connectivity index (χ4v) is 2.19. The van der Waals surface area contributed by atoms with Gasteiger partial charge in [0.25, 0.3) is 0 Å². The van der Waals surface area contributed by atoms with Crippen LogP contribution in [0.15, 0.2) is 10.7 Å². The number of aromatic nitrogens is 1. The highest BCUT2D eigenvalue weighted by atomic mass is 79.9. The zero-order valence-corrected chi connectivity index (χ0v) is 8.44. The van der Waals surface area contributed by atoms with Crippen molar-refractivity contribution in [1.82, 2.24) is 4.98 Å². The molecule has 12 heavy (non-hydrogen) atoms. The molecule has 0 spiro atoms. The van der Waals surface area contributed by atoms with Crippen molar-refractivity contribution < 1.29 is 4.79 Å². The van der Waals surface area contributed by atoms with Crippen LogP contribution in [0.3, 0.4) is 0 Å². The van der Waals surface area contributed by atoms with Crippen LogP contribution >= 0.6 is 15.9 Å². The SMILES string of the molecule is C[C@@H]1CCc2[nH]cc(Br)c2C1=O. The molecule has 1 atom stereocenters. The summed E-state index contributed by atoms with van der Waals surface area (Å²) >= 11 is 3.37. The lowest BCUT2D eigenvalue weighted by molar-refractivity contribution is 0.0913. The predicted molar refractivity (Wildman–Crippen MR) is 50.3 cm³/mol. The highest BCUT2D eigenvalue weighted by molar-refractivity contribution is 9.10. The zero-order chi connectivity index (χ0) is 8.72. The minimum atomic E-state index is 0.185. The average Bonchev–Trinajstić information content (AvgIpc) is 2.41. The Morgan fingerprint density at radius 3 is 3.17 bits per heavy atom. The summed E-state index contributed by atoms with van der Waals surface area (Å²) in [5.74, 6) is 0.453. The Morgan fingerprint density at radius 1 is 1.67 bits per heavy atom. The number of nitrogens with one attached hydrogen (secondary N) is 1. The Hall–Kier alpha value is -0.570. The Balaban J connectivity index is 2.53. The molecule has 1 aromatic rings. The van der Waals surface area contributed by atoms with Crippen LogP contribution < -0.4 is 0 Å². The normalized spacial score (nSPS) is 22.5. The molecule has 1 aliphatic rings. The first kappa shape index (κ1) is 8.05. The summed E-state index contributed by atoms with van der Waals surface area (Å²) in [6, 6.07) is 0. The number of carbonyl (C=O) groups excluding carboxylic acids is 1. The summed E-state index contributed by atoms with van der Waals surface area (Å²) < 4.78 is 0.911. The van der Waals surface area contributed by atoms with E-state index in [9.17, 15) is 4.79 Å². The monoisotopic (exact) mass is 227 g/mol. The molecule has 2 nitrogen and oxygen atoms in total. The Kier molecular flexibility index (Phi) is 1.83. The highest BCUT2D eigenvalue weighted by Crippen LogP contribution is 2.30. The van der Waals surface area contributed by atoms with E-state index < -0.39 is 0 Å². The van der Waals surface area contributed by atoms with Gasteiger partial charge in [0.05, 0.1) is 5.56 Å². The first-order chi connectivity index (χ1) is 5.70. The van der Waals surface area contributed by atoms with E-state index in [1.54, 1.807) is 0 Å². The molecule has 0 unspecified atom stereocenters. The standard InChI is InChI=1S/C9H10BrNO/c1-5-2-3-7-8(9(5)12)6(10)4-11-7/h4-5,11H,2-3H2,1H3/t5-/m1/s1. The number of aromatic amines is 1. The van der Waals surface area contributed by atoms with Crippen LogP contribution in [0.5, 0.6) is 0 Å². The Morgan fingerprint density at radius 2 is 2.42 bits per heavy atom. The van der Waals surface area contributed by atoms with Crippen LogP contribution in [-0.2, 0) is 6.42 Å². The van der Waals surface area contributed by atoms with E-state index in [-0.39, 0.29) is 11.7 Å². The maximum absolute atomic E-state index is 11.6. The minimum Gasteiger partial charge on any atom is -0.363 e. The molecule has 1 heterocycles. The van der Waals surface area contributed by atoms with Crippen molar-refractivity contribution in [2.75, 3.05) is 0 Å². The molecule has 0 fully saturated rings. The number of halogens is 1. The summed E-state index contributed by atoms with van der Waals surface area (Å²) in [6.45, 7) is 1.99. The van der Waals surface area contributed by atoms with Gasteiger partial charge >= 0.3 is 0 Å². The molecule has 0 amide bonds. The summed E-state index contributed by atoms with van der Waals surface area (Å²) in [5.41, 5.74) is 1.96. The summed E-state index contributed by atoms with van der Waals surface area (Å²) in [4.78, 5) is 14.8. The van der Waals surface area contributed by atoms with Crippen LogP contribution in [0.4, 0.5) is 0 Å². The quantitative estimate of drug-likeness (QED) is 0.727. The molecule has 1 N–H and O–H groups in total. The molecule has 2 rings (SSSR count). The molecule has 1 aliphatic carbocycles. The lowest BCUT2D eigenvalue weighted by Gasteiger charge is -2.16. The zero-order valence-electron chi connectivity index (χ0n) is 6.86. The number of fused-ring (bicyclic) bond motifs is 1. The third kappa shape index (κ3) is 1.04. The van der Waals surface area contributed by atoms with Gasteiger partial charge in [0, 0.05) is 22.3 Å². The largest absolute Gasteiger partial charge is 0.363 e. The first-order valence-corrected chi connectivity index (χ1v) is 4.89. The maximum atomic E-state index is 11.6. The van der Waals surface area contributed by atoms with E-state index in [2.05, 4.69) is 20.9 Å². The van der Waals surface area contributed by atoms with E-state index in [1.165, 1.54) is 0 Å². The second-order valence-corrected chi connectivity index (χ2v) is 4.15. The molecule has 0 saturated heterocycles. The van der Waals surface area contributed by atoms with Gasteiger partial charge in [-0.2, -0.15) is 0 Å². The smallest absolute Gasteiger partial charge is 0.168 e. The van der Waals surface area contributed by atoms with Gasteiger partial charge in [-0.15, -0.1) is 0 Å². The van der Waals surface area contributed by atoms with Crippen molar-refractivity contribution in [1.29, 1.82) is 0 Å². The minimum absolute atomic E-state index is 0.185. The number of rotatable bonds is 0. The van der Waals surface area contributed by atoms with Crippen LogP contribution in [-0.4, -0.2) is 10.8 Å². The molecule has 3 heteroatoms. The molecule has 0 aromatic carbocycles. The highest BCUT2D eigenvalue weighted by Gasteiger charge is 2.26. The van der Waals surface area contributed by atoms with Crippen LogP contribution in [0.1, 0.15) is 29.4 Å². The van der Waals surface area contributed by atoms with E-state index in [0.29, 0.717) is 0 Å². The molecular weight excluding hydrogens is 218 g/mol. The first-order valence-electron chi connectivity index (χ1n) is 4.10.